The Morgan fingerprint density at radius 1 is 0.780 bits per heavy atom. The van der Waals surface area contributed by atoms with Gasteiger partial charge in [-0.15, -0.1) is 0 Å². The van der Waals surface area contributed by atoms with E-state index in [0.717, 1.165) is 15.6 Å². The van der Waals surface area contributed by atoms with Crippen LogP contribution in [0.15, 0.2) is 40.9 Å². The van der Waals surface area contributed by atoms with Crippen molar-refractivity contribution >= 4 is 39.8 Å². The summed E-state index contributed by atoms with van der Waals surface area (Å²) in [5.41, 5.74) is 2.44. The summed E-state index contributed by atoms with van der Waals surface area (Å²) in [4.78, 5) is 48.0. The Balaban J connectivity index is 1.72. The van der Waals surface area contributed by atoms with Gasteiger partial charge in [0.2, 0.25) is 0 Å². The van der Waals surface area contributed by atoms with Gasteiger partial charge in [0.1, 0.15) is 32.0 Å². The van der Waals surface area contributed by atoms with Crippen molar-refractivity contribution in [3.05, 3.63) is 57.6 Å². The van der Waals surface area contributed by atoms with Crippen LogP contribution in [-0.4, -0.2) is 68.1 Å². The summed E-state index contributed by atoms with van der Waals surface area (Å²) in [5.74, 6) is -1.26. The summed E-state index contributed by atoms with van der Waals surface area (Å²) in [6.07, 6.45) is -5.14. The molecule has 0 radical (unpaired) electrons. The van der Waals surface area contributed by atoms with E-state index in [4.69, 9.17) is 33.2 Å². The molecule has 220 valence electrons. The second-order valence-electron chi connectivity index (χ2n) is 9.63. The number of hydrogen-bond donors (Lipinski definition) is 0. The topological polar surface area (TPSA) is 133 Å². The molecule has 2 heterocycles. The first-order valence-corrected chi connectivity index (χ1v) is 13.8. The fourth-order valence-electron chi connectivity index (χ4n) is 4.82. The Kier molecular flexibility index (Phi) is 9.87. The smallest absolute Gasteiger partial charge is 0.303 e. The lowest BCUT2D eigenvalue weighted by Gasteiger charge is -2.44. The van der Waals surface area contributed by atoms with Crippen molar-refractivity contribution in [3.63, 3.8) is 0 Å². The van der Waals surface area contributed by atoms with Gasteiger partial charge in [0.15, 0.2) is 29.8 Å². The molecule has 2 aromatic carbocycles. The maximum Gasteiger partial charge on any atom is 0.303 e. The van der Waals surface area contributed by atoms with Crippen LogP contribution in [-0.2, 0) is 49.3 Å². The maximum atomic E-state index is 12.2. The third-order valence-corrected chi connectivity index (χ3v) is 7.16. The number of benzene rings is 2. The first kappa shape index (κ1) is 30.3. The Bertz CT molecular complexity index is 1310. The zero-order valence-corrected chi connectivity index (χ0v) is 24.6. The van der Waals surface area contributed by atoms with Gasteiger partial charge in [-0.25, -0.2) is 0 Å². The highest BCUT2D eigenvalue weighted by molar-refractivity contribution is 9.10. The van der Waals surface area contributed by atoms with E-state index in [1.807, 2.05) is 30.3 Å². The molecule has 0 saturated carbocycles. The quantitative estimate of drug-likeness (QED) is 0.311. The molecule has 1 saturated heterocycles. The molecule has 0 spiro atoms. The third kappa shape index (κ3) is 7.76. The zero-order valence-electron chi connectivity index (χ0n) is 23.0. The van der Waals surface area contributed by atoms with E-state index in [-0.39, 0.29) is 6.61 Å². The molecule has 2 aromatic rings. The first-order chi connectivity index (χ1) is 19.5. The van der Waals surface area contributed by atoms with Crippen molar-refractivity contribution in [2.24, 2.45) is 0 Å². The number of rotatable bonds is 8. The molecule has 0 aliphatic carbocycles. The monoisotopic (exact) mass is 634 g/mol. The highest BCUT2D eigenvalue weighted by Gasteiger charge is 2.52. The second kappa shape index (κ2) is 13.3. The Hall–Kier alpha value is -3.64. The lowest BCUT2D eigenvalue weighted by atomic mass is 9.89. The first-order valence-electron chi connectivity index (χ1n) is 13.0. The highest BCUT2D eigenvalue weighted by Crippen LogP contribution is 2.39. The predicted molar refractivity (Wildman–Crippen MR) is 145 cm³/mol. The van der Waals surface area contributed by atoms with Crippen LogP contribution in [0, 0.1) is 0 Å². The third-order valence-electron chi connectivity index (χ3n) is 6.39. The van der Waals surface area contributed by atoms with E-state index >= 15 is 0 Å². The summed E-state index contributed by atoms with van der Waals surface area (Å²) >= 11 is 3.61. The molecule has 4 rings (SSSR count). The second-order valence-corrected chi connectivity index (χ2v) is 10.5. The number of carbonyl (C=O) groups is 4. The lowest BCUT2D eigenvalue weighted by Crippen LogP contribution is -2.59. The standard InChI is InChI=1S/C29H31BrO11/c1-15(31)37-14-25-27(38-16(2)32)29(40-18(4)34)28(39-17(3)33)26(41-25)20-6-7-22(30)21(13-20)11-19-5-8-23-24(12-19)36-10-9-35-23/h5-8,12-13,25-29H,9-11,14H2,1-4H3/t25-,26?,27?,28?,29+/m1/s1. The number of fused-ring (bicyclic) bond motifs is 1. The molecule has 0 N–H and O–H groups in total. The highest BCUT2D eigenvalue weighted by atomic mass is 79.9. The molecular formula is C29H31BrO11. The van der Waals surface area contributed by atoms with Gasteiger partial charge < -0.3 is 33.2 Å². The van der Waals surface area contributed by atoms with Crippen LogP contribution in [0.2, 0.25) is 0 Å². The minimum absolute atomic E-state index is 0.297. The number of ether oxygens (including phenoxy) is 7. The van der Waals surface area contributed by atoms with Crippen LogP contribution in [0.5, 0.6) is 11.5 Å². The van der Waals surface area contributed by atoms with Crippen LogP contribution in [0.4, 0.5) is 0 Å². The fourth-order valence-corrected chi connectivity index (χ4v) is 5.21. The average Bonchev–Trinajstić information content (AvgIpc) is 2.90. The summed E-state index contributed by atoms with van der Waals surface area (Å²) < 4.78 is 40.3. The average molecular weight is 635 g/mol. The van der Waals surface area contributed by atoms with Crippen LogP contribution < -0.4 is 9.47 Å². The predicted octanol–water partition coefficient (Wildman–Crippen LogP) is 3.61. The molecule has 2 aliphatic rings. The van der Waals surface area contributed by atoms with Gasteiger partial charge >= 0.3 is 23.9 Å². The van der Waals surface area contributed by atoms with E-state index in [1.54, 1.807) is 6.07 Å². The van der Waals surface area contributed by atoms with Gasteiger partial charge in [-0.1, -0.05) is 34.1 Å². The summed E-state index contributed by atoms with van der Waals surface area (Å²) in [6, 6.07) is 11.2. The van der Waals surface area contributed by atoms with E-state index in [0.29, 0.717) is 36.7 Å². The number of halogens is 1. The van der Waals surface area contributed by atoms with E-state index < -0.39 is 54.4 Å². The largest absolute Gasteiger partial charge is 0.486 e. The molecule has 0 bridgehead atoms. The van der Waals surface area contributed by atoms with Gasteiger partial charge in [0.05, 0.1) is 0 Å². The lowest BCUT2D eigenvalue weighted by molar-refractivity contribution is -0.254. The fraction of sp³-hybridized carbons (Fsp3) is 0.448. The van der Waals surface area contributed by atoms with E-state index in [1.165, 1.54) is 27.7 Å². The molecule has 5 atom stereocenters. The van der Waals surface area contributed by atoms with Crippen molar-refractivity contribution < 1.29 is 52.3 Å². The van der Waals surface area contributed by atoms with Gasteiger partial charge in [-0.2, -0.15) is 0 Å². The summed E-state index contributed by atoms with van der Waals surface area (Å²) in [6.45, 7) is 5.48. The molecule has 11 nitrogen and oxygen atoms in total. The maximum absolute atomic E-state index is 12.2. The van der Waals surface area contributed by atoms with Crippen LogP contribution in [0.3, 0.4) is 0 Å². The number of hydrogen-bond acceptors (Lipinski definition) is 11. The van der Waals surface area contributed by atoms with Gasteiger partial charge in [-0.05, 0) is 41.3 Å². The molecule has 3 unspecified atom stereocenters. The zero-order chi connectivity index (χ0) is 29.7. The van der Waals surface area contributed by atoms with E-state index in [2.05, 4.69) is 15.9 Å². The minimum atomic E-state index is -1.25. The van der Waals surface area contributed by atoms with Crippen molar-refractivity contribution in [3.8, 4) is 11.5 Å². The van der Waals surface area contributed by atoms with Crippen molar-refractivity contribution in [2.75, 3.05) is 19.8 Å². The van der Waals surface area contributed by atoms with Gasteiger partial charge in [0.25, 0.3) is 0 Å². The van der Waals surface area contributed by atoms with Crippen LogP contribution in [0.25, 0.3) is 0 Å². The van der Waals surface area contributed by atoms with Crippen LogP contribution >= 0.6 is 15.9 Å². The summed E-state index contributed by atoms with van der Waals surface area (Å²) in [7, 11) is 0. The molecule has 0 amide bonds. The molecule has 1 fully saturated rings. The Labute approximate surface area is 245 Å². The van der Waals surface area contributed by atoms with E-state index in [9.17, 15) is 19.2 Å². The van der Waals surface area contributed by atoms with Crippen molar-refractivity contribution in [1.29, 1.82) is 0 Å². The van der Waals surface area contributed by atoms with Gasteiger partial charge in [0, 0.05) is 32.2 Å². The molecule has 12 heteroatoms. The molecular weight excluding hydrogens is 604 g/mol. The van der Waals surface area contributed by atoms with Crippen LogP contribution in [0.1, 0.15) is 50.5 Å². The molecule has 2 aliphatic heterocycles. The minimum Gasteiger partial charge on any atom is -0.486 e. The van der Waals surface area contributed by atoms with Crippen molar-refractivity contribution in [2.45, 2.75) is 64.6 Å². The molecule has 0 aromatic heterocycles. The van der Waals surface area contributed by atoms with Crippen molar-refractivity contribution in [1.82, 2.24) is 0 Å². The SMILES string of the molecule is CC(=O)OC[C@H]1OC(c2ccc(Br)c(Cc3ccc4c(c3)OCCO4)c2)C(OC(C)=O)[C@@H](OC(C)=O)C1OC(C)=O. The Morgan fingerprint density at radius 2 is 1.41 bits per heavy atom. The van der Waals surface area contributed by atoms with Gasteiger partial charge in [-0.3, -0.25) is 19.2 Å². The Morgan fingerprint density at radius 3 is 2.07 bits per heavy atom. The summed E-state index contributed by atoms with van der Waals surface area (Å²) in [5, 5.41) is 0. The number of esters is 4. The molecule has 41 heavy (non-hydrogen) atoms. The normalized spacial score (nSPS) is 23.2. The number of carbonyl (C=O) groups excluding carboxylic acids is 4.